The van der Waals surface area contributed by atoms with Gasteiger partial charge in [-0.15, -0.1) is 0 Å². The van der Waals surface area contributed by atoms with Crippen LogP contribution in [0.5, 0.6) is 0 Å². The number of aryl methyl sites for hydroxylation is 1. The Morgan fingerprint density at radius 1 is 1.06 bits per heavy atom. The first kappa shape index (κ1) is 25.6. The Bertz CT molecular complexity index is 899. The third kappa shape index (κ3) is 9.21. The fraction of sp³-hybridized carbons (Fsp3) is 0.478. The zero-order chi connectivity index (χ0) is 23.3. The van der Waals surface area contributed by atoms with Crippen LogP contribution in [0.1, 0.15) is 62.4 Å². The maximum atomic E-state index is 13.2. The van der Waals surface area contributed by atoms with E-state index in [9.17, 15) is 18.8 Å². The first-order valence-corrected chi connectivity index (χ1v) is 11.8. The monoisotopic (exact) mass is 463 g/mol. The Morgan fingerprint density at radius 2 is 1.78 bits per heavy atom. The summed E-state index contributed by atoms with van der Waals surface area (Å²) >= 11 is 1.34. The van der Waals surface area contributed by atoms with Crippen LogP contribution < -0.4 is 5.32 Å². The minimum absolute atomic E-state index is 0.0680. The van der Waals surface area contributed by atoms with Crippen LogP contribution in [-0.2, 0) is 16.1 Å². The van der Waals surface area contributed by atoms with Gasteiger partial charge in [-0.2, -0.15) is 5.10 Å². The molecule has 0 bridgehead atoms. The largest absolute Gasteiger partial charge is 0.481 e. The van der Waals surface area contributed by atoms with Gasteiger partial charge in [-0.25, -0.2) is 4.39 Å². The third-order valence-electron chi connectivity index (χ3n) is 4.83. The summed E-state index contributed by atoms with van der Waals surface area (Å²) in [6, 6.07) is 7.58. The van der Waals surface area contributed by atoms with Gasteiger partial charge in [0.05, 0.1) is 5.69 Å². The highest BCUT2D eigenvalue weighted by atomic mass is 32.2. The molecule has 1 heterocycles. The van der Waals surface area contributed by atoms with Crippen molar-refractivity contribution >= 4 is 28.8 Å². The van der Waals surface area contributed by atoms with Gasteiger partial charge in [-0.1, -0.05) is 24.6 Å². The maximum absolute atomic E-state index is 13.2. The minimum Gasteiger partial charge on any atom is -0.481 e. The van der Waals surface area contributed by atoms with Crippen LogP contribution in [0, 0.1) is 5.82 Å². The predicted octanol–water partition coefficient (Wildman–Crippen LogP) is 4.51. The van der Waals surface area contributed by atoms with Crippen LogP contribution in [0.3, 0.4) is 0 Å². The molecule has 2 aromatic rings. The van der Waals surface area contributed by atoms with Gasteiger partial charge in [-0.05, 0) is 56.0 Å². The van der Waals surface area contributed by atoms with Crippen molar-refractivity contribution in [1.29, 1.82) is 0 Å². The van der Waals surface area contributed by atoms with Gasteiger partial charge in [0.2, 0.25) is 0 Å². The number of thioether (sulfide) groups is 1. The Kier molecular flexibility index (Phi) is 10.9. The first-order valence-electron chi connectivity index (χ1n) is 10.8. The Morgan fingerprint density at radius 3 is 2.47 bits per heavy atom. The zero-order valence-electron chi connectivity index (χ0n) is 18.3. The van der Waals surface area contributed by atoms with E-state index in [4.69, 9.17) is 5.11 Å². The van der Waals surface area contributed by atoms with Crippen molar-refractivity contribution in [3.8, 4) is 11.3 Å². The number of amides is 1. The first-order chi connectivity index (χ1) is 15.4. The number of carboxylic acid groups (broad SMARTS) is 1. The standard InChI is InChI=1S/C23H30FN3O4S/c1-17(28)32-15-7-3-2-5-13-25-23(31)21-16-20(18-9-11-19(24)12-10-18)26-27(21)14-6-4-8-22(29)30/h9-12,16H,2-8,13-15H2,1H3,(H,25,31)(H,29,30). The van der Waals surface area contributed by atoms with Gasteiger partial charge < -0.3 is 10.4 Å². The quantitative estimate of drug-likeness (QED) is 0.400. The molecule has 9 heteroatoms. The molecule has 1 aromatic carbocycles. The van der Waals surface area contributed by atoms with E-state index >= 15 is 0 Å². The van der Waals surface area contributed by atoms with E-state index in [1.165, 1.54) is 23.9 Å². The summed E-state index contributed by atoms with van der Waals surface area (Å²) in [6.07, 6.45) is 4.93. The number of aromatic nitrogens is 2. The molecule has 0 atom stereocenters. The summed E-state index contributed by atoms with van der Waals surface area (Å²) < 4.78 is 14.8. The topological polar surface area (TPSA) is 101 Å². The SMILES string of the molecule is CC(=O)SCCCCCCNC(=O)c1cc(-c2ccc(F)cc2)nn1CCCCC(=O)O. The second-order valence-corrected chi connectivity index (χ2v) is 8.78. The molecule has 0 aliphatic heterocycles. The average Bonchev–Trinajstić information content (AvgIpc) is 3.17. The number of benzene rings is 1. The molecule has 32 heavy (non-hydrogen) atoms. The number of halogens is 1. The molecular weight excluding hydrogens is 433 g/mol. The molecular formula is C23H30FN3O4S. The number of rotatable bonds is 14. The van der Waals surface area contributed by atoms with Crippen molar-refractivity contribution < 1.29 is 23.9 Å². The number of hydrogen-bond donors (Lipinski definition) is 2. The van der Waals surface area contributed by atoms with Crippen LogP contribution in [0.15, 0.2) is 30.3 Å². The molecule has 0 aliphatic rings. The summed E-state index contributed by atoms with van der Waals surface area (Å²) in [6.45, 7) is 2.53. The van der Waals surface area contributed by atoms with Gasteiger partial charge in [0.15, 0.2) is 5.12 Å². The molecule has 174 valence electrons. The molecule has 0 saturated heterocycles. The number of carbonyl (C=O) groups is 3. The summed E-state index contributed by atoms with van der Waals surface area (Å²) in [5.41, 5.74) is 1.67. The second-order valence-electron chi connectivity index (χ2n) is 7.51. The third-order valence-corrected chi connectivity index (χ3v) is 5.72. The normalized spacial score (nSPS) is 10.8. The molecule has 0 spiro atoms. The number of nitrogens with one attached hydrogen (secondary N) is 1. The highest BCUT2D eigenvalue weighted by Gasteiger charge is 2.16. The fourth-order valence-corrected chi connectivity index (χ4v) is 3.79. The number of aliphatic carboxylic acids is 1. The summed E-state index contributed by atoms with van der Waals surface area (Å²) in [5.74, 6) is -0.610. The zero-order valence-corrected chi connectivity index (χ0v) is 19.1. The molecule has 0 saturated carbocycles. The van der Waals surface area contributed by atoms with Crippen LogP contribution >= 0.6 is 11.8 Å². The van der Waals surface area contributed by atoms with E-state index in [1.54, 1.807) is 29.8 Å². The molecule has 7 nitrogen and oxygen atoms in total. The average molecular weight is 464 g/mol. The van der Waals surface area contributed by atoms with Crippen molar-refractivity contribution in [1.82, 2.24) is 15.1 Å². The lowest BCUT2D eigenvalue weighted by Gasteiger charge is -2.08. The van der Waals surface area contributed by atoms with Crippen molar-refractivity contribution in [2.24, 2.45) is 0 Å². The van der Waals surface area contributed by atoms with E-state index < -0.39 is 5.97 Å². The molecule has 2 N–H and O–H groups in total. The van der Waals surface area contributed by atoms with Crippen LogP contribution in [-0.4, -0.2) is 44.2 Å². The van der Waals surface area contributed by atoms with Crippen LogP contribution in [0.4, 0.5) is 4.39 Å². The minimum atomic E-state index is -0.852. The van der Waals surface area contributed by atoms with E-state index in [1.807, 2.05) is 0 Å². The Balaban J connectivity index is 1.92. The lowest BCUT2D eigenvalue weighted by atomic mass is 10.1. The van der Waals surface area contributed by atoms with Crippen LogP contribution in [0.2, 0.25) is 0 Å². The van der Waals surface area contributed by atoms with Crippen LogP contribution in [0.25, 0.3) is 11.3 Å². The summed E-state index contributed by atoms with van der Waals surface area (Å²) in [5, 5.41) is 16.4. The highest BCUT2D eigenvalue weighted by molar-refractivity contribution is 8.13. The van der Waals surface area contributed by atoms with Crippen molar-refractivity contribution in [3.05, 3.63) is 41.8 Å². The Hall–Kier alpha value is -2.68. The van der Waals surface area contributed by atoms with Crippen molar-refractivity contribution in [2.45, 2.75) is 58.4 Å². The molecule has 1 aromatic heterocycles. The lowest BCUT2D eigenvalue weighted by Crippen LogP contribution is -2.27. The van der Waals surface area contributed by atoms with E-state index in [0.29, 0.717) is 42.9 Å². The Labute approximate surface area is 191 Å². The van der Waals surface area contributed by atoms with E-state index in [0.717, 1.165) is 31.4 Å². The molecule has 0 unspecified atom stereocenters. The number of carbonyl (C=O) groups excluding carboxylic acids is 2. The molecule has 0 fully saturated rings. The van der Waals surface area contributed by atoms with Gasteiger partial charge in [-0.3, -0.25) is 19.1 Å². The van der Waals surface area contributed by atoms with E-state index in [-0.39, 0.29) is 23.3 Å². The van der Waals surface area contributed by atoms with Gasteiger partial charge in [0.1, 0.15) is 11.5 Å². The molecule has 0 radical (unpaired) electrons. The van der Waals surface area contributed by atoms with Gasteiger partial charge in [0, 0.05) is 37.8 Å². The summed E-state index contributed by atoms with van der Waals surface area (Å²) in [7, 11) is 0. The molecule has 2 rings (SSSR count). The number of nitrogens with zero attached hydrogens (tertiary/aromatic N) is 2. The van der Waals surface area contributed by atoms with Crippen molar-refractivity contribution in [2.75, 3.05) is 12.3 Å². The van der Waals surface area contributed by atoms with Crippen molar-refractivity contribution in [3.63, 3.8) is 0 Å². The lowest BCUT2D eigenvalue weighted by molar-refractivity contribution is -0.137. The highest BCUT2D eigenvalue weighted by Crippen LogP contribution is 2.20. The molecule has 0 aliphatic carbocycles. The smallest absolute Gasteiger partial charge is 0.303 e. The van der Waals surface area contributed by atoms with Gasteiger partial charge in [0.25, 0.3) is 5.91 Å². The fourth-order valence-electron chi connectivity index (χ4n) is 3.16. The molecule has 1 amide bonds. The predicted molar refractivity (Wildman–Crippen MR) is 123 cm³/mol. The maximum Gasteiger partial charge on any atom is 0.303 e. The number of carboxylic acids is 1. The number of unbranched alkanes of at least 4 members (excludes halogenated alkanes) is 4. The van der Waals surface area contributed by atoms with E-state index in [2.05, 4.69) is 10.4 Å². The number of hydrogen-bond acceptors (Lipinski definition) is 5. The van der Waals surface area contributed by atoms with Gasteiger partial charge >= 0.3 is 5.97 Å². The summed E-state index contributed by atoms with van der Waals surface area (Å²) in [4.78, 5) is 34.4. The second kappa shape index (κ2) is 13.7.